The maximum atomic E-state index is 10.8. The molecule has 0 fully saturated rings. The zero-order valence-electron chi connectivity index (χ0n) is 2.97. The molecule has 44 valence electrons. The highest BCUT2D eigenvalue weighted by atomic mass is 35.5. The highest BCUT2D eigenvalue weighted by molar-refractivity contribution is 6.20. The van der Waals surface area contributed by atoms with E-state index in [1.54, 1.807) is 0 Å². The third kappa shape index (κ3) is 2.68. The molecule has 0 aliphatic heterocycles. The second-order valence-electron chi connectivity index (χ2n) is 0.842. The lowest BCUT2D eigenvalue weighted by Gasteiger charge is -2.01. The van der Waals surface area contributed by atoms with Crippen LogP contribution in [-0.4, -0.2) is 11.8 Å². The van der Waals surface area contributed by atoms with Crippen LogP contribution in [-0.2, 0) is 0 Å². The van der Waals surface area contributed by atoms with Crippen LogP contribution in [0.4, 0.5) is 17.6 Å². The van der Waals surface area contributed by atoms with E-state index in [2.05, 4.69) is 11.6 Å². The van der Waals surface area contributed by atoms with Crippen LogP contribution >= 0.6 is 11.6 Å². The molecule has 0 saturated heterocycles. The predicted molar refractivity (Wildman–Crippen MR) is 16.8 cm³/mol. The molecular formula is C2HClF4. The maximum absolute atomic E-state index is 10.8. The van der Waals surface area contributed by atoms with Crippen LogP contribution in [0.3, 0.4) is 0 Å². The van der Waals surface area contributed by atoms with Crippen molar-refractivity contribution in [1.29, 1.82) is 0 Å². The topological polar surface area (TPSA) is 0 Å². The Kier molecular flexibility index (Phi) is 1.86. The number of hydrogen-bond donors (Lipinski definition) is 0. The van der Waals surface area contributed by atoms with Gasteiger partial charge >= 0.3 is 6.18 Å². The second kappa shape index (κ2) is 1.86. The molecule has 0 bridgehead atoms. The smallest absolute Gasteiger partial charge is 0.220 e. The zero-order chi connectivity index (χ0) is 6.08. The van der Waals surface area contributed by atoms with Gasteiger partial charge in [0.15, 0.2) is 0 Å². The summed E-state index contributed by atoms with van der Waals surface area (Å²) in [6.07, 6.45) is -4.90. The van der Waals surface area contributed by atoms with Crippen molar-refractivity contribution >= 4 is 11.6 Å². The molecule has 0 aliphatic carbocycles. The van der Waals surface area contributed by atoms with Crippen LogP contribution in [0.15, 0.2) is 0 Å². The molecule has 0 radical (unpaired) electrons. The fraction of sp³-hybridized carbons (Fsp3) is 1.00. The predicted octanol–water partition coefficient (Wildman–Crippen LogP) is 2.08. The quantitative estimate of drug-likeness (QED) is 0.352. The molecule has 1 unspecified atom stereocenters. The fourth-order valence-corrected chi connectivity index (χ4v) is 0. The molecule has 5 heteroatoms. The highest BCUT2D eigenvalue weighted by Gasteiger charge is 2.38. The largest absolute Gasteiger partial charge is 0.433 e. The summed E-state index contributed by atoms with van der Waals surface area (Å²) >= 11 is 3.96. The molecule has 0 N–H and O–H groups in total. The van der Waals surface area contributed by atoms with Gasteiger partial charge in [-0.15, -0.1) is 0 Å². The van der Waals surface area contributed by atoms with Gasteiger partial charge in [-0.05, 0) is 0 Å². The summed E-state index contributed by atoms with van der Waals surface area (Å²) in [6.45, 7) is 0. The molecule has 0 aliphatic rings. The first-order chi connectivity index (χ1) is 2.94. The number of halogens is 5. The number of rotatable bonds is 0. The molecule has 0 saturated carbocycles. The van der Waals surface area contributed by atoms with E-state index in [1.807, 2.05) is 0 Å². The molecule has 0 spiro atoms. The van der Waals surface area contributed by atoms with Crippen molar-refractivity contribution in [3.8, 4) is 0 Å². The Morgan fingerprint density at radius 1 is 1.29 bits per heavy atom. The van der Waals surface area contributed by atoms with E-state index in [-0.39, 0.29) is 0 Å². The normalized spacial score (nSPS) is 16.7. The van der Waals surface area contributed by atoms with Crippen LogP contribution in [0.1, 0.15) is 0 Å². The van der Waals surface area contributed by atoms with Crippen molar-refractivity contribution in [2.24, 2.45) is 0 Å². The van der Waals surface area contributed by atoms with Gasteiger partial charge in [0.05, 0.1) is 0 Å². The van der Waals surface area contributed by atoms with Crippen LogP contribution in [0.2, 0.25) is 0 Å². The van der Waals surface area contributed by atoms with Crippen LogP contribution in [0.25, 0.3) is 0 Å². The molecular weight excluding hydrogens is 134 g/mol. The summed E-state index contributed by atoms with van der Waals surface area (Å²) in [7, 11) is 0. The molecule has 0 rings (SSSR count). The summed E-state index contributed by atoms with van der Waals surface area (Å²) in [5.41, 5.74) is -3.23. The minimum atomic E-state index is -4.90. The lowest BCUT2D eigenvalue weighted by molar-refractivity contribution is -0.156. The summed E-state index contributed by atoms with van der Waals surface area (Å²) in [6, 6.07) is 0. The Morgan fingerprint density at radius 2 is 1.43 bits per heavy atom. The minimum Gasteiger partial charge on any atom is -0.220 e. The Balaban J connectivity index is 3.54. The highest BCUT2D eigenvalue weighted by Crippen LogP contribution is 2.24. The Hall–Kier alpha value is 0.01000. The van der Waals surface area contributed by atoms with Crippen molar-refractivity contribution in [2.75, 3.05) is 0 Å². The molecule has 0 heterocycles. The van der Waals surface area contributed by atoms with Gasteiger partial charge in [-0.1, -0.05) is 11.6 Å². The van der Waals surface area contributed by atoms with Crippen molar-refractivity contribution < 1.29 is 17.6 Å². The minimum absolute atomic E-state index is 3.23. The van der Waals surface area contributed by atoms with Crippen molar-refractivity contribution in [2.45, 2.75) is 11.8 Å². The van der Waals surface area contributed by atoms with Gasteiger partial charge in [-0.3, -0.25) is 0 Å². The Bertz CT molecular complexity index is 55.2. The van der Waals surface area contributed by atoms with E-state index in [9.17, 15) is 17.6 Å². The van der Waals surface area contributed by atoms with Crippen molar-refractivity contribution in [3.05, 3.63) is 0 Å². The van der Waals surface area contributed by atoms with E-state index in [0.29, 0.717) is 0 Å². The van der Waals surface area contributed by atoms with Gasteiger partial charge in [-0.25, -0.2) is 4.39 Å². The molecule has 0 aromatic rings. The van der Waals surface area contributed by atoms with E-state index in [4.69, 9.17) is 0 Å². The standard InChI is InChI=1S/C2HClF4/c3-1(4)2(5,6)7/h1H/i4-1. The van der Waals surface area contributed by atoms with Crippen molar-refractivity contribution in [3.63, 3.8) is 0 Å². The lowest BCUT2D eigenvalue weighted by atomic mass is 10.7. The first-order valence-electron chi connectivity index (χ1n) is 1.29. The molecule has 0 nitrogen and oxygen atoms in total. The SMILES string of the molecule is FC(F)(F)C([18F])Cl. The number of hydrogen-bond acceptors (Lipinski definition) is 0. The van der Waals surface area contributed by atoms with Crippen LogP contribution in [0, 0.1) is 0 Å². The van der Waals surface area contributed by atoms with Gasteiger partial charge in [0.25, 0.3) is 5.63 Å². The molecule has 0 aromatic heterocycles. The monoisotopic (exact) mass is 135 g/mol. The fourth-order valence-electron chi connectivity index (χ4n) is 0. The van der Waals surface area contributed by atoms with Crippen molar-refractivity contribution in [1.82, 2.24) is 0 Å². The summed E-state index contributed by atoms with van der Waals surface area (Å²) in [5, 5.41) is 0. The maximum Gasteiger partial charge on any atom is 0.433 e. The average Bonchev–Trinajstić information content (AvgIpc) is 1.31. The molecule has 0 amide bonds. The van der Waals surface area contributed by atoms with Crippen LogP contribution < -0.4 is 0 Å². The van der Waals surface area contributed by atoms with E-state index >= 15 is 0 Å². The molecule has 1 atom stereocenters. The lowest BCUT2D eigenvalue weighted by Crippen LogP contribution is -2.17. The molecule has 0 aromatic carbocycles. The third-order valence-corrected chi connectivity index (χ3v) is 0.495. The zero-order valence-corrected chi connectivity index (χ0v) is 3.72. The second-order valence-corrected chi connectivity index (χ2v) is 1.23. The first-order valence-corrected chi connectivity index (χ1v) is 1.73. The first kappa shape index (κ1) is 7.01. The van der Waals surface area contributed by atoms with Gasteiger partial charge < -0.3 is 0 Å². The Labute approximate surface area is 42.1 Å². The van der Waals surface area contributed by atoms with Gasteiger partial charge in [0.2, 0.25) is 0 Å². The van der Waals surface area contributed by atoms with E-state index in [0.717, 1.165) is 0 Å². The summed E-state index contributed by atoms with van der Waals surface area (Å²) in [5.74, 6) is 0. The van der Waals surface area contributed by atoms with Gasteiger partial charge in [0, 0.05) is 0 Å². The van der Waals surface area contributed by atoms with Crippen LogP contribution in [0.5, 0.6) is 0 Å². The third-order valence-electron chi connectivity index (χ3n) is 0.247. The van der Waals surface area contributed by atoms with Gasteiger partial charge in [-0.2, -0.15) is 13.2 Å². The van der Waals surface area contributed by atoms with Gasteiger partial charge in [0.1, 0.15) is 0 Å². The van der Waals surface area contributed by atoms with E-state index < -0.39 is 11.8 Å². The Morgan fingerprint density at radius 3 is 1.43 bits per heavy atom. The van der Waals surface area contributed by atoms with E-state index in [1.165, 1.54) is 0 Å². The number of alkyl halides is 5. The summed E-state index contributed by atoms with van der Waals surface area (Å²) < 4.78 is 42.9. The summed E-state index contributed by atoms with van der Waals surface area (Å²) in [4.78, 5) is 0. The average molecular weight is 135 g/mol. The molecule has 7 heavy (non-hydrogen) atoms.